The van der Waals surface area contributed by atoms with E-state index in [1.54, 1.807) is 0 Å². The highest BCUT2D eigenvalue weighted by Crippen LogP contribution is 2.55. The number of aromatic nitrogens is 2. The van der Waals surface area contributed by atoms with Gasteiger partial charge in [0.15, 0.2) is 0 Å². The van der Waals surface area contributed by atoms with Crippen molar-refractivity contribution in [3.63, 3.8) is 0 Å². The third-order valence-electron chi connectivity index (χ3n) is 5.21. The highest BCUT2D eigenvalue weighted by Gasteiger charge is 2.61. The van der Waals surface area contributed by atoms with E-state index in [2.05, 4.69) is 20.1 Å². The summed E-state index contributed by atoms with van der Waals surface area (Å²) in [4.78, 5) is 36.9. The van der Waals surface area contributed by atoms with E-state index >= 15 is 0 Å². The number of fused-ring (bicyclic) bond motifs is 2. The third-order valence-corrected chi connectivity index (χ3v) is 5.21. The minimum absolute atomic E-state index is 0.0199. The summed E-state index contributed by atoms with van der Waals surface area (Å²) in [5.41, 5.74) is -2.01. The molecule has 2 aliphatic rings. The van der Waals surface area contributed by atoms with Crippen LogP contribution in [0.3, 0.4) is 0 Å². The first-order valence-electron chi connectivity index (χ1n) is 8.78. The van der Waals surface area contributed by atoms with Crippen LogP contribution in [0.1, 0.15) is 27.9 Å². The van der Waals surface area contributed by atoms with Gasteiger partial charge in [-0.05, 0) is 30.2 Å². The SMILES string of the molecule is [C-]#[N+]c1cnc(NC(=O)CN2C[C@@]3(C[C@H]3F)c3cc(C(F)(F)F)ccc3C2=O)nc1. The second kappa shape index (κ2) is 6.76. The third kappa shape index (κ3) is 3.34. The summed E-state index contributed by atoms with van der Waals surface area (Å²) in [6.45, 7) is 6.19. The number of hydrogen-bond acceptors (Lipinski definition) is 4. The van der Waals surface area contributed by atoms with Crippen LogP contribution < -0.4 is 5.32 Å². The summed E-state index contributed by atoms with van der Waals surface area (Å²) in [6.07, 6.45) is -3.61. The van der Waals surface area contributed by atoms with E-state index in [0.717, 1.165) is 23.1 Å². The molecule has 0 unspecified atom stereocenters. The Kier molecular flexibility index (Phi) is 4.45. The first kappa shape index (κ1) is 19.8. The number of nitrogens with one attached hydrogen (secondary N) is 1. The van der Waals surface area contributed by atoms with Crippen LogP contribution in [0.4, 0.5) is 29.2 Å². The molecule has 2 atom stereocenters. The Balaban J connectivity index is 1.56. The largest absolute Gasteiger partial charge is 0.416 e. The Morgan fingerprint density at radius 1 is 1.33 bits per heavy atom. The molecule has 1 aromatic heterocycles. The van der Waals surface area contributed by atoms with E-state index in [-0.39, 0.29) is 35.7 Å². The summed E-state index contributed by atoms with van der Waals surface area (Å²) in [5.74, 6) is -1.38. The summed E-state index contributed by atoms with van der Waals surface area (Å²) in [6, 6.07) is 2.64. The van der Waals surface area contributed by atoms with Crippen molar-refractivity contribution in [1.29, 1.82) is 0 Å². The Morgan fingerprint density at radius 3 is 2.57 bits per heavy atom. The second-order valence-electron chi connectivity index (χ2n) is 7.17. The van der Waals surface area contributed by atoms with Gasteiger partial charge >= 0.3 is 6.18 Å². The van der Waals surface area contributed by atoms with Crippen LogP contribution in [0.25, 0.3) is 4.85 Å². The maximum atomic E-state index is 14.3. The van der Waals surface area contributed by atoms with E-state index in [1.807, 2.05) is 0 Å². The molecule has 2 amide bonds. The highest BCUT2D eigenvalue weighted by molar-refractivity contribution is 6.01. The fourth-order valence-electron chi connectivity index (χ4n) is 3.60. The summed E-state index contributed by atoms with van der Waals surface area (Å²) < 4.78 is 53.4. The smallest absolute Gasteiger partial charge is 0.328 e. The van der Waals surface area contributed by atoms with Crippen molar-refractivity contribution in [3.8, 4) is 0 Å². The molecule has 1 N–H and O–H groups in total. The normalized spacial score (nSPS) is 22.4. The van der Waals surface area contributed by atoms with Crippen molar-refractivity contribution in [2.24, 2.45) is 0 Å². The van der Waals surface area contributed by atoms with Gasteiger partial charge in [0, 0.05) is 29.9 Å². The van der Waals surface area contributed by atoms with Crippen LogP contribution in [0.5, 0.6) is 0 Å². The molecule has 0 saturated heterocycles. The molecular formula is C19H13F4N5O2. The lowest BCUT2D eigenvalue weighted by Crippen LogP contribution is -2.47. The van der Waals surface area contributed by atoms with Gasteiger partial charge in [-0.2, -0.15) is 13.2 Å². The number of anilines is 1. The van der Waals surface area contributed by atoms with Crippen LogP contribution in [-0.4, -0.2) is 45.9 Å². The van der Waals surface area contributed by atoms with Gasteiger partial charge in [0.1, 0.15) is 12.7 Å². The molecule has 0 radical (unpaired) electrons. The number of amides is 2. The highest BCUT2D eigenvalue weighted by atomic mass is 19.4. The zero-order valence-electron chi connectivity index (χ0n) is 15.2. The van der Waals surface area contributed by atoms with E-state index < -0.39 is 41.7 Å². The van der Waals surface area contributed by atoms with Gasteiger partial charge in [-0.15, -0.1) is 0 Å². The molecule has 0 bridgehead atoms. The van der Waals surface area contributed by atoms with Crippen molar-refractivity contribution in [3.05, 3.63) is 58.7 Å². The number of rotatable bonds is 3. The molecule has 1 aliphatic heterocycles. The van der Waals surface area contributed by atoms with E-state index in [1.165, 1.54) is 12.4 Å². The maximum Gasteiger partial charge on any atom is 0.416 e. The Bertz CT molecular complexity index is 1080. The van der Waals surface area contributed by atoms with Crippen molar-refractivity contribution in [2.75, 3.05) is 18.4 Å². The van der Waals surface area contributed by atoms with Crippen molar-refractivity contribution >= 4 is 23.5 Å². The lowest BCUT2D eigenvalue weighted by Gasteiger charge is -2.34. The van der Waals surface area contributed by atoms with Gasteiger partial charge in [-0.3, -0.25) is 14.9 Å². The number of benzene rings is 1. The Morgan fingerprint density at radius 2 is 2.00 bits per heavy atom. The molecule has 4 rings (SSSR count). The first-order chi connectivity index (χ1) is 14.1. The predicted octanol–water partition coefficient (Wildman–Crippen LogP) is 3.12. The average Bonchev–Trinajstić information content (AvgIpc) is 3.35. The van der Waals surface area contributed by atoms with Crippen molar-refractivity contribution in [1.82, 2.24) is 14.9 Å². The molecule has 1 spiro atoms. The second-order valence-corrected chi connectivity index (χ2v) is 7.17. The summed E-state index contributed by atoms with van der Waals surface area (Å²) in [5, 5.41) is 2.37. The fourth-order valence-corrected chi connectivity index (χ4v) is 3.60. The molecule has 1 saturated carbocycles. The maximum absolute atomic E-state index is 14.3. The molecule has 11 heteroatoms. The monoisotopic (exact) mass is 419 g/mol. The zero-order valence-corrected chi connectivity index (χ0v) is 15.2. The molecule has 7 nitrogen and oxygen atoms in total. The summed E-state index contributed by atoms with van der Waals surface area (Å²) >= 11 is 0. The van der Waals surface area contributed by atoms with Gasteiger partial charge in [0.05, 0.1) is 12.1 Å². The van der Waals surface area contributed by atoms with Crippen LogP contribution in [-0.2, 0) is 16.4 Å². The lowest BCUT2D eigenvalue weighted by atomic mass is 9.85. The minimum atomic E-state index is -4.61. The minimum Gasteiger partial charge on any atom is -0.328 e. The van der Waals surface area contributed by atoms with Gasteiger partial charge in [0.2, 0.25) is 17.5 Å². The molecule has 1 aromatic carbocycles. The first-order valence-corrected chi connectivity index (χ1v) is 8.78. The van der Waals surface area contributed by atoms with E-state index in [0.29, 0.717) is 0 Å². The molecule has 1 fully saturated rings. The molecule has 2 aromatic rings. The predicted molar refractivity (Wildman–Crippen MR) is 95.5 cm³/mol. The molecule has 154 valence electrons. The topological polar surface area (TPSA) is 79.5 Å². The number of hydrogen-bond donors (Lipinski definition) is 1. The van der Waals surface area contributed by atoms with Crippen LogP contribution in [0, 0.1) is 6.57 Å². The van der Waals surface area contributed by atoms with Crippen LogP contribution in [0.15, 0.2) is 30.6 Å². The Hall–Kier alpha value is -3.55. The Labute approximate surface area is 167 Å². The molecule has 30 heavy (non-hydrogen) atoms. The van der Waals surface area contributed by atoms with Crippen LogP contribution in [0.2, 0.25) is 0 Å². The standard InChI is InChI=1S/C19H13F4N5O2/c1-24-11-6-25-17(26-7-11)27-15(29)8-28-9-18(5-14(18)20)13-4-10(19(21,22)23)2-3-12(13)16(28)30/h2-4,6-7,14H,5,8-9H2,(H,25,26,27,29)/t14-,18+/m1/s1. The quantitative estimate of drug-likeness (QED) is 0.613. The van der Waals surface area contributed by atoms with Gasteiger partial charge in [0.25, 0.3) is 5.91 Å². The number of nitrogens with zero attached hydrogens (tertiary/aromatic N) is 4. The van der Waals surface area contributed by atoms with Gasteiger partial charge in [-0.25, -0.2) is 19.2 Å². The van der Waals surface area contributed by atoms with Gasteiger partial charge < -0.3 is 4.90 Å². The van der Waals surface area contributed by atoms with Gasteiger partial charge in [-0.1, -0.05) is 0 Å². The van der Waals surface area contributed by atoms with Crippen molar-refractivity contribution < 1.29 is 27.2 Å². The molecular weight excluding hydrogens is 406 g/mol. The number of carbonyl (C=O) groups is 2. The average molecular weight is 419 g/mol. The van der Waals surface area contributed by atoms with Crippen molar-refractivity contribution in [2.45, 2.75) is 24.2 Å². The molecule has 1 aliphatic carbocycles. The molecule has 2 heterocycles. The van der Waals surface area contributed by atoms with E-state index in [4.69, 9.17) is 6.57 Å². The fraction of sp³-hybridized carbons (Fsp3) is 0.316. The van der Waals surface area contributed by atoms with E-state index in [9.17, 15) is 27.2 Å². The number of halogens is 4. The number of alkyl halides is 4. The number of carbonyl (C=O) groups excluding carboxylic acids is 2. The zero-order chi connectivity index (χ0) is 21.7. The van der Waals surface area contributed by atoms with Crippen LogP contribution >= 0.6 is 0 Å². The summed E-state index contributed by atoms with van der Waals surface area (Å²) in [7, 11) is 0. The lowest BCUT2D eigenvalue weighted by molar-refractivity contribution is -0.137.